The van der Waals surface area contributed by atoms with Gasteiger partial charge in [0.05, 0.1) is 17.8 Å². The summed E-state index contributed by atoms with van der Waals surface area (Å²) in [4.78, 5) is 25.2. The van der Waals surface area contributed by atoms with Gasteiger partial charge in [-0.15, -0.1) is 0 Å². The summed E-state index contributed by atoms with van der Waals surface area (Å²) in [5.41, 5.74) is 2.50. The number of likely N-dealkylation sites (tertiary alicyclic amines) is 1. The molecule has 3 rings (SSSR count). The lowest BCUT2D eigenvalue weighted by Crippen LogP contribution is -2.44. The number of piperidine rings is 1. The van der Waals surface area contributed by atoms with Crippen molar-refractivity contribution in [3.05, 3.63) is 17.6 Å². The highest BCUT2D eigenvalue weighted by Crippen LogP contribution is 2.27. The Kier molecular flexibility index (Phi) is 4.68. The number of aryl methyl sites for hydroxylation is 2. The van der Waals surface area contributed by atoms with Crippen LogP contribution in [0.25, 0.3) is 11.0 Å². The van der Waals surface area contributed by atoms with Crippen LogP contribution in [0.2, 0.25) is 0 Å². The number of nitrogens with one attached hydrogen (secondary N) is 2. The Bertz CT molecular complexity index is 786. The molecule has 136 valence electrons. The molecule has 0 radical (unpaired) electrons. The molecule has 25 heavy (non-hydrogen) atoms. The van der Waals surface area contributed by atoms with Crippen LogP contribution in [0.3, 0.4) is 0 Å². The Morgan fingerprint density at radius 1 is 1.40 bits per heavy atom. The van der Waals surface area contributed by atoms with Crippen LogP contribution in [-0.4, -0.2) is 51.6 Å². The molecule has 1 unspecified atom stereocenters. The molecule has 9 heteroatoms. The van der Waals surface area contributed by atoms with Gasteiger partial charge >= 0.3 is 6.18 Å². The highest BCUT2D eigenvalue weighted by Gasteiger charge is 2.34. The van der Waals surface area contributed by atoms with Crippen LogP contribution in [0.15, 0.2) is 6.33 Å². The number of H-pyrrole nitrogens is 1. The zero-order valence-electron chi connectivity index (χ0n) is 14.1. The first-order valence-electron chi connectivity index (χ1n) is 8.14. The molecule has 1 atom stereocenters. The van der Waals surface area contributed by atoms with Crippen LogP contribution in [0.1, 0.15) is 24.1 Å². The molecule has 6 nitrogen and oxygen atoms in total. The maximum Gasteiger partial charge on any atom is 0.401 e. The second-order valence-electron chi connectivity index (χ2n) is 6.50. The fourth-order valence-corrected chi connectivity index (χ4v) is 3.27. The number of rotatable bonds is 3. The average Bonchev–Trinajstić information content (AvgIpc) is 2.81. The number of carbonyl (C=O) groups is 1. The summed E-state index contributed by atoms with van der Waals surface area (Å²) in [5.74, 6) is -0.392. The van der Waals surface area contributed by atoms with E-state index < -0.39 is 18.6 Å². The molecule has 2 N–H and O–H groups in total. The Hall–Kier alpha value is -2.16. The number of aromatic nitrogens is 3. The molecule has 1 aliphatic heterocycles. The monoisotopic (exact) mass is 355 g/mol. The number of carbonyl (C=O) groups excluding carboxylic acids is 1. The lowest BCUT2D eigenvalue weighted by molar-refractivity contribution is -0.151. The molecule has 0 aliphatic carbocycles. The number of aromatic amines is 1. The van der Waals surface area contributed by atoms with Crippen molar-refractivity contribution in [1.29, 1.82) is 0 Å². The second-order valence-corrected chi connectivity index (χ2v) is 6.50. The Morgan fingerprint density at radius 3 is 2.88 bits per heavy atom. The molecular formula is C16H20F3N5O. The fourth-order valence-electron chi connectivity index (χ4n) is 3.27. The number of fused-ring (bicyclic) bond motifs is 1. The van der Waals surface area contributed by atoms with Gasteiger partial charge in [-0.2, -0.15) is 13.2 Å². The van der Waals surface area contributed by atoms with Crippen LogP contribution in [0.5, 0.6) is 0 Å². The minimum Gasteiger partial charge on any atom is -0.343 e. The van der Waals surface area contributed by atoms with E-state index in [9.17, 15) is 18.0 Å². The summed E-state index contributed by atoms with van der Waals surface area (Å²) in [7, 11) is 0. The SMILES string of the molecule is Cc1[nH]c2ncnc(NC(=O)C3CCCN(CC(F)(F)F)C3)c2c1C. The molecule has 0 saturated carbocycles. The van der Waals surface area contributed by atoms with Gasteiger partial charge in [0.25, 0.3) is 0 Å². The van der Waals surface area contributed by atoms with E-state index in [0.717, 1.165) is 16.6 Å². The van der Waals surface area contributed by atoms with Gasteiger partial charge in [-0.1, -0.05) is 0 Å². The topological polar surface area (TPSA) is 73.9 Å². The van der Waals surface area contributed by atoms with E-state index in [1.54, 1.807) is 0 Å². The van der Waals surface area contributed by atoms with E-state index in [2.05, 4.69) is 20.3 Å². The number of anilines is 1. The third-order valence-corrected chi connectivity index (χ3v) is 4.61. The van der Waals surface area contributed by atoms with E-state index in [1.165, 1.54) is 11.2 Å². The van der Waals surface area contributed by atoms with Crippen molar-refractivity contribution < 1.29 is 18.0 Å². The zero-order valence-corrected chi connectivity index (χ0v) is 14.1. The van der Waals surface area contributed by atoms with Crippen molar-refractivity contribution in [2.24, 2.45) is 5.92 Å². The second kappa shape index (κ2) is 6.62. The summed E-state index contributed by atoms with van der Waals surface area (Å²) in [6.07, 6.45) is -1.77. The predicted molar refractivity (Wildman–Crippen MR) is 87.2 cm³/mol. The van der Waals surface area contributed by atoms with Crippen molar-refractivity contribution in [3.63, 3.8) is 0 Å². The van der Waals surface area contributed by atoms with Crippen LogP contribution >= 0.6 is 0 Å². The normalized spacial score (nSPS) is 19.3. The lowest BCUT2D eigenvalue weighted by atomic mass is 9.97. The Morgan fingerprint density at radius 2 is 2.16 bits per heavy atom. The Labute approximate surface area is 142 Å². The number of hydrogen-bond donors (Lipinski definition) is 2. The summed E-state index contributed by atoms with van der Waals surface area (Å²) in [6, 6.07) is 0. The number of alkyl halides is 3. The smallest absolute Gasteiger partial charge is 0.343 e. The van der Waals surface area contributed by atoms with E-state index in [0.29, 0.717) is 30.9 Å². The molecule has 2 aromatic rings. The fraction of sp³-hybridized carbons (Fsp3) is 0.562. The first-order chi connectivity index (χ1) is 11.7. The van der Waals surface area contributed by atoms with Crippen LogP contribution in [0.4, 0.5) is 19.0 Å². The lowest BCUT2D eigenvalue weighted by Gasteiger charge is -2.32. The number of amides is 1. The standard InChI is InChI=1S/C16H20F3N5O/c1-9-10(2)22-13-12(9)14(21-8-20-13)23-15(25)11-4-3-5-24(6-11)7-16(17,18)19/h8,11H,3-7H2,1-2H3,(H2,20,21,22,23,25). The van der Waals surface area contributed by atoms with Gasteiger partial charge in [0.1, 0.15) is 17.8 Å². The molecule has 3 heterocycles. The van der Waals surface area contributed by atoms with E-state index in [1.807, 2.05) is 13.8 Å². The molecule has 0 spiro atoms. The van der Waals surface area contributed by atoms with E-state index in [-0.39, 0.29) is 12.5 Å². The van der Waals surface area contributed by atoms with E-state index >= 15 is 0 Å². The van der Waals surface area contributed by atoms with Gasteiger partial charge in [-0.3, -0.25) is 9.69 Å². The van der Waals surface area contributed by atoms with Crippen molar-refractivity contribution in [2.75, 3.05) is 25.0 Å². The Balaban J connectivity index is 1.74. The zero-order chi connectivity index (χ0) is 18.2. The van der Waals surface area contributed by atoms with Crippen molar-refractivity contribution in [2.45, 2.75) is 32.9 Å². The molecule has 1 saturated heterocycles. The highest BCUT2D eigenvalue weighted by atomic mass is 19.4. The average molecular weight is 355 g/mol. The summed E-state index contributed by atoms with van der Waals surface area (Å²) in [5, 5.41) is 3.51. The number of nitrogens with zero attached hydrogens (tertiary/aromatic N) is 3. The molecular weight excluding hydrogens is 335 g/mol. The number of halogens is 3. The van der Waals surface area contributed by atoms with Gasteiger partial charge in [-0.25, -0.2) is 9.97 Å². The first-order valence-corrected chi connectivity index (χ1v) is 8.14. The van der Waals surface area contributed by atoms with E-state index in [4.69, 9.17) is 0 Å². The third kappa shape index (κ3) is 3.92. The van der Waals surface area contributed by atoms with Gasteiger partial charge in [0.2, 0.25) is 5.91 Å². The van der Waals surface area contributed by atoms with Crippen molar-refractivity contribution >= 4 is 22.8 Å². The first kappa shape index (κ1) is 17.7. The highest BCUT2D eigenvalue weighted by molar-refractivity contribution is 6.01. The van der Waals surface area contributed by atoms with Gasteiger partial charge in [-0.05, 0) is 38.8 Å². The molecule has 0 bridgehead atoms. The van der Waals surface area contributed by atoms with Crippen LogP contribution in [0, 0.1) is 19.8 Å². The minimum atomic E-state index is -4.25. The minimum absolute atomic E-state index is 0.102. The maximum atomic E-state index is 12.6. The molecule has 1 aliphatic rings. The van der Waals surface area contributed by atoms with Crippen molar-refractivity contribution in [3.8, 4) is 0 Å². The number of hydrogen-bond acceptors (Lipinski definition) is 4. The maximum absolute atomic E-state index is 12.6. The summed E-state index contributed by atoms with van der Waals surface area (Å²) in [6.45, 7) is 3.28. The quantitative estimate of drug-likeness (QED) is 0.888. The van der Waals surface area contributed by atoms with Gasteiger partial charge in [0, 0.05) is 12.2 Å². The van der Waals surface area contributed by atoms with Gasteiger partial charge in [0.15, 0.2) is 0 Å². The van der Waals surface area contributed by atoms with Crippen LogP contribution < -0.4 is 5.32 Å². The molecule has 1 amide bonds. The third-order valence-electron chi connectivity index (χ3n) is 4.61. The molecule has 2 aromatic heterocycles. The predicted octanol–water partition coefficient (Wildman–Crippen LogP) is 2.79. The molecule has 1 fully saturated rings. The largest absolute Gasteiger partial charge is 0.401 e. The van der Waals surface area contributed by atoms with Crippen molar-refractivity contribution in [1.82, 2.24) is 19.9 Å². The van der Waals surface area contributed by atoms with Crippen LogP contribution in [-0.2, 0) is 4.79 Å². The molecule has 0 aromatic carbocycles. The summed E-state index contributed by atoms with van der Waals surface area (Å²) < 4.78 is 37.7. The summed E-state index contributed by atoms with van der Waals surface area (Å²) >= 11 is 0. The van der Waals surface area contributed by atoms with Gasteiger partial charge < -0.3 is 10.3 Å².